The second-order valence-corrected chi connectivity index (χ2v) is 5.68. The Morgan fingerprint density at radius 3 is 2.50 bits per heavy atom. The molecule has 24 heavy (non-hydrogen) atoms. The third-order valence-corrected chi connectivity index (χ3v) is 3.46. The molecule has 2 N–H and O–H groups in total. The van der Waals surface area contributed by atoms with Gasteiger partial charge in [0.25, 0.3) is 0 Å². The predicted octanol–water partition coefficient (Wildman–Crippen LogP) is 4.67. The van der Waals surface area contributed by atoms with Gasteiger partial charge in [-0.2, -0.15) is 10.1 Å². The number of rotatable bonds is 5. The van der Waals surface area contributed by atoms with Crippen molar-refractivity contribution < 1.29 is 4.74 Å². The largest absolute Gasteiger partial charge is 0.497 e. The van der Waals surface area contributed by atoms with Gasteiger partial charge in [0.2, 0.25) is 5.95 Å². The van der Waals surface area contributed by atoms with Crippen molar-refractivity contribution in [2.45, 2.75) is 0 Å². The van der Waals surface area contributed by atoms with Crippen LogP contribution in [0, 0.1) is 0 Å². The lowest BCUT2D eigenvalue weighted by atomic mass is 10.3. The van der Waals surface area contributed by atoms with Crippen LogP contribution in [-0.2, 0) is 0 Å². The molecule has 0 radical (unpaired) electrons. The first-order chi connectivity index (χ1) is 11.6. The van der Waals surface area contributed by atoms with Crippen LogP contribution in [-0.4, -0.2) is 22.3 Å². The molecule has 0 fully saturated rings. The van der Waals surface area contributed by atoms with E-state index in [1.807, 2.05) is 24.3 Å². The molecule has 1 heterocycles. The van der Waals surface area contributed by atoms with E-state index >= 15 is 0 Å². The Morgan fingerprint density at radius 2 is 1.75 bits per heavy atom. The summed E-state index contributed by atoms with van der Waals surface area (Å²) in [5, 5.41) is 15.1. The molecule has 0 bridgehead atoms. The summed E-state index contributed by atoms with van der Waals surface area (Å²) in [4.78, 5) is 4.36. The Morgan fingerprint density at radius 1 is 0.958 bits per heavy atom. The Labute approximate surface area is 148 Å². The molecule has 0 spiro atoms. The lowest BCUT2D eigenvalue weighted by molar-refractivity contribution is 0.415. The molecule has 0 aliphatic rings. The highest BCUT2D eigenvalue weighted by Gasteiger charge is 2.04. The molecule has 0 saturated carbocycles. The molecule has 6 nitrogen and oxygen atoms in total. The minimum absolute atomic E-state index is 0.348. The molecule has 3 aromatic rings. The van der Waals surface area contributed by atoms with Gasteiger partial charge in [0, 0.05) is 27.5 Å². The summed E-state index contributed by atoms with van der Waals surface area (Å²) in [5.74, 6) is 1.59. The molecule has 0 unspecified atom stereocenters. The smallest absolute Gasteiger partial charge is 0.249 e. The first kappa shape index (κ1) is 16.3. The van der Waals surface area contributed by atoms with Crippen LogP contribution in [0.3, 0.4) is 0 Å². The maximum Gasteiger partial charge on any atom is 0.249 e. The Bertz CT molecular complexity index is 839. The topological polar surface area (TPSA) is 72.0 Å². The van der Waals surface area contributed by atoms with Gasteiger partial charge in [-0.25, -0.2) is 0 Å². The van der Waals surface area contributed by atoms with Crippen LogP contribution < -0.4 is 15.4 Å². The van der Waals surface area contributed by atoms with Crippen molar-refractivity contribution in [3.8, 4) is 5.75 Å². The Balaban J connectivity index is 1.78. The number of halogens is 2. The maximum atomic E-state index is 5.99. The molecular formula is C16H13Cl2N5O. The minimum atomic E-state index is 0.348. The van der Waals surface area contributed by atoms with Gasteiger partial charge in [0.05, 0.1) is 13.3 Å². The maximum absolute atomic E-state index is 5.99. The van der Waals surface area contributed by atoms with E-state index in [0.29, 0.717) is 27.5 Å². The highest BCUT2D eigenvalue weighted by Crippen LogP contribution is 2.25. The van der Waals surface area contributed by atoms with Gasteiger partial charge in [-0.3, -0.25) is 0 Å². The highest BCUT2D eigenvalue weighted by atomic mass is 35.5. The monoisotopic (exact) mass is 361 g/mol. The molecule has 122 valence electrons. The van der Waals surface area contributed by atoms with Crippen molar-refractivity contribution in [3.63, 3.8) is 0 Å². The first-order valence-electron chi connectivity index (χ1n) is 6.96. The lowest BCUT2D eigenvalue weighted by Gasteiger charge is -2.09. The molecule has 0 atom stereocenters. The minimum Gasteiger partial charge on any atom is -0.497 e. The van der Waals surface area contributed by atoms with Crippen molar-refractivity contribution >= 4 is 46.3 Å². The third kappa shape index (κ3) is 4.24. The van der Waals surface area contributed by atoms with Crippen molar-refractivity contribution in [2.24, 2.45) is 0 Å². The predicted molar refractivity (Wildman–Crippen MR) is 95.8 cm³/mol. The van der Waals surface area contributed by atoms with E-state index in [0.717, 1.165) is 11.4 Å². The second-order valence-electron chi connectivity index (χ2n) is 4.81. The highest BCUT2D eigenvalue weighted by molar-refractivity contribution is 6.35. The summed E-state index contributed by atoms with van der Waals surface area (Å²) >= 11 is 12.0. The van der Waals surface area contributed by atoms with E-state index in [1.165, 1.54) is 6.20 Å². The number of methoxy groups -OCH3 is 1. The second kappa shape index (κ2) is 7.33. The summed E-state index contributed by atoms with van der Waals surface area (Å²) in [6.07, 6.45) is 1.51. The van der Waals surface area contributed by atoms with Crippen LogP contribution in [0.5, 0.6) is 5.75 Å². The van der Waals surface area contributed by atoms with E-state index in [9.17, 15) is 0 Å². The average Bonchev–Trinajstić information content (AvgIpc) is 2.54. The summed E-state index contributed by atoms with van der Waals surface area (Å²) in [7, 11) is 1.61. The molecule has 2 aromatic carbocycles. The van der Waals surface area contributed by atoms with Gasteiger partial charge in [-0.15, -0.1) is 5.10 Å². The van der Waals surface area contributed by atoms with Crippen molar-refractivity contribution in [1.82, 2.24) is 15.2 Å². The van der Waals surface area contributed by atoms with E-state index < -0.39 is 0 Å². The Kier molecular flexibility index (Phi) is 4.98. The van der Waals surface area contributed by atoms with Gasteiger partial charge >= 0.3 is 0 Å². The van der Waals surface area contributed by atoms with Crippen LogP contribution in [0.1, 0.15) is 0 Å². The van der Waals surface area contributed by atoms with Crippen LogP contribution in [0.4, 0.5) is 23.1 Å². The SMILES string of the molecule is COc1cccc(Nc2nncc(Nc3cc(Cl)cc(Cl)c3)n2)c1. The first-order valence-corrected chi connectivity index (χ1v) is 7.72. The van der Waals surface area contributed by atoms with E-state index in [4.69, 9.17) is 27.9 Å². The van der Waals surface area contributed by atoms with Crippen LogP contribution in [0.15, 0.2) is 48.7 Å². The molecule has 3 rings (SSSR count). The van der Waals surface area contributed by atoms with Gasteiger partial charge in [0.15, 0.2) is 5.82 Å². The number of ether oxygens (including phenoxy) is 1. The summed E-state index contributed by atoms with van der Waals surface area (Å²) in [6.45, 7) is 0. The van der Waals surface area contributed by atoms with Crippen LogP contribution in [0.25, 0.3) is 0 Å². The standard InChI is InChI=1S/C16H13Cl2N5O/c1-24-14-4-2-3-12(8-14)21-16-22-15(9-19-23-16)20-13-6-10(17)5-11(18)7-13/h2-9H,1H3,(H2,20,21,22,23). The van der Waals surface area contributed by atoms with Gasteiger partial charge in [-0.05, 0) is 30.3 Å². The molecular weight excluding hydrogens is 349 g/mol. The molecule has 0 saturated heterocycles. The number of hydrogen-bond acceptors (Lipinski definition) is 6. The fraction of sp³-hybridized carbons (Fsp3) is 0.0625. The summed E-state index contributed by atoms with van der Waals surface area (Å²) in [5.41, 5.74) is 1.50. The van der Waals surface area contributed by atoms with Crippen molar-refractivity contribution in [1.29, 1.82) is 0 Å². The number of anilines is 4. The number of nitrogens with zero attached hydrogens (tertiary/aromatic N) is 3. The number of hydrogen-bond donors (Lipinski definition) is 2. The van der Waals surface area contributed by atoms with Gasteiger partial charge in [-0.1, -0.05) is 29.3 Å². The normalized spacial score (nSPS) is 10.3. The quantitative estimate of drug-likeness (QED) is 0.687. The molecule has 0 aliphatic heterocycles. The lowest BCUT2D eigenvalue weighted by Crippen LogP contribution is -2.02. The zero-order chi connectivity index (χ0) is 16.9. The fourth-order valence-corrected chi connectivity index (χ4v) is 2.55. The summed E-state index contributed by atoms with van der Waals surface area (Å²) in [6, 6.07) is 12.6. The number of aromatic nitrogens is 3. The third-order valence-electron chi connectivity index (χ3n) is 3.02. The molecule has 0 amide bonds. The summed E-state index contributed by atoms with van der Waals surface area (Å²) < 4.78 is 5.18. The zero-order valence-corrected chi connectivity index (χ0v) is 14.1. The Hall–Kier alpha value is -2.57. The van der Waals surface area contributed by atoms with E-state index in [-0.39, 0.29) is 0 Å². The van der Waals surface area contributed by atoms with Gasteiger partial charge < -0.3 is 15.4 Å². The number of nitrogens with one attached hydrogen (secondary N) is 2. The van der Waals surface area contributed by atoms with Crippen LogP contribution in [0.2, 0.25) is 10.0 Å². The molecule has 1 aromatic heterocycles. The van der Waals surface area contributed by atoms with Crippen molar-refractivity contribution in [3.05, 3.63) is 58.7 Å². The van der Waals surface area contributed by atoms with Gasteiger partial charge in [0.1, 0.15) is 5.75 Å². The van der Waals surface area contributed by atoms with Crippen LogP contribution >= 0.6 is 23.2 Å². The zero-order valence-electron chi connectivity index (χ0n) is 12.6. The number of benzene rings is 2. The van der Waals surface area contributed by atoms with Crippen molar-refractivity contribution in [2.75, 3.05) is 17.7 Å². The fourth-order valence-electron chi connectivity index (χ4n) is 2.02. The van der Waals surface area contributed by atoms with E-state index in [1.54, 1.807) is 25.3 Å². The van der Waals surface area contributed by atoms with E-state index in [2.05, 4.69) is 25.8 Å². The molecule has 0 aliphatic carbocycles. The average molecular weight is 362 g/mol. The molecule has 8 heteroatoms.